The van der Waals surface area contributed by atoms with Gasteiger partial charge in [-0.15, -0.1) is 4.80 Å². The predicted octanol–water partition coefficient (Wildman–Crippen LogP) is 2.87. The number of rotatable bonds is 8. The first-order valence-electron chi connectivity index (χ1n) is 13.0. The van der Waals surface area contributed by atoms with Crippen molar-refractivity contribution in [3.8, 4) is 11.4 Å². The monoisotopic (exact) mass is 561 g/mol. The van der Waals surface area contributed by atoms with E-state index < -0.39 is 17.6 Å². The predicted molar refractivity (Wildman–Crippen MR) is 145 cm³/mol. The van der Waals surface area contributed by atoms with Crippen molar-refractivity contribution in [1.82, 2.24) is 34.7 Å². The van der Waals surface area contributed by atoms with Crippen LogP contribution in [0.2, 0.25) is 5.02 Å². The van der Waals surface area contributed by atoms with Gasteiger partial charge in [0.2, 0.25) is 5.95 Å². The van der Waals surface area contributed by atoms with E-state index in [4.69, 9.17) is 16.3 Å². The molecular formula is C25H33ClFN9O3. The van der Waals surface area contributed by atoms with Gasteiger partial charge in [-0.05, 0) is 64.3 Å². The number of nitrogens with zero attached hydrogens (tertiary/aromatic N) is 7. The van der Waals surface area contributed by atoms with Crippen LogP contribution in [0.3, 0.4) is 0 Å². The maximum Gasteiger partial charge on any atom is 0.383 e. The molecule has 0 spiro atoms. The second kappa shape index (κ2) is 10.7. The largest absolute Gasteiger partial charge is 0.488 e. The first-order valence-corrected chi connectivity index (χ1v) is 13.4. The molecule has 0 saturated carbocycles. The molecule has 5 rings (SSSR count). The molecule has 2 aliphatic rings. The normalized spacial score (nSPS) is 21.4. The minimum Gasteiger partial charge on any atom is -0.488 e. The lowest BCUT2D eigenvalue weighted by Crippen LogP contribution is -2.55. The molecule has 0 bridgehead atoms. The number of hydrogen-bond acceptors (Lipinski definition) is 10. The molecule has 2 aromatic heterocycles. The fourth-order valence-electron chi connectivity index (χ4n) is 5.58. The van der Waals surface area contributed by atoms with Crippen LogP contribution in [0.1, 0.15) is 46.5 Å². The molecule has 2 aliphatic heterocycles. The van der Waals surface area contributed by atoms with Crippen molar-refractivity contribution in [3.05, 3.63) is 39.7 Å². The maximum absolute atomic E-state index is 15.2. The highest BCUT2D eigenvalue weighted by molar-refractivity contribution is 6.32. The fourth-order valence-corrected chi connectivity index (χ4v) is 5.73. The molecule has 3 N–H and O–H groups in total. The Hall–Kier alpha value is -3.29. The quantitative estimate of drug-likeness (QED) is 0.377. The number of aromatic nitrogens is 6. The van der Waals surface area contributed by atoms with Gasteiger partial charge in [-0.1, -0.05) is 16.7 Å². The summed E-state index contributed by atoms with van der Waals surface area (Å²) in [7, 11) is 1.47. The number of piperidine rings is 1. The summed E-state index contributed by atoms with van der Waals surface area (Å²) in [4.78, 5) is 24.5. The summed E-state index contributed by atoms with van der Waals surface area (Å²) in [6.45, 7) is 7.12. The lowest BCUT2D eigenvalue weighted by molar-refractivity contribution is 0.0501. The van der Waals surface area contributed by atoms with E-state index in [1.54, 1.807) is 6.92 Å². The molecule has 0 radical (unpaired) electrons. The summed E-state index contributed by atoms with van der Waals surface area (Å²) < 4.78 is 21.9. The lowest BCUT2D eigenvalue weighted by Gasteiger charge is -2.47. The van der Waals surface area contributed by atoms with Gasteiger partial charge < -0.3 is 20.5 Å². The third-order valence-electron chi connectivity index (χ3n) is 7.31. The summed E-state index contributed by atoms with van der Waals surface area (Å²) in [5, 5.41) is 23.8. The van der Waals surface area contributed by atoms with Crippen molar-refractivity contribution in [2.75, 3.05) is 23.8 Å². The number of hydrogen-bond donors (Lipinski definition) is 3. The van der Waals surface area contributed by atoms with Gasteiger partial charge in [0.1, 0.15) is 23.1 Å². The zero-order chi connectivity index (χ0) is 27.9. The van der Waals surface area contributed by atoms with Crippen LogP contribution in [-0.4, -0.2) is 76.6 Å². The van der Waals surface area contributed by atoms with Gasteiger partial charge >= 0.3 is 5.69 Å². The minimum atomic E-state index is -0.793. The van der Waals surface area contributed by atoms with E-state index in [2.05, 4.69) is 49.7 Å². The molecule has 3 atom stereocenters. The molecule has 2 fully saturated rings. The van der Waals surface area contributed by atoms with Crippen LogP contribution in [0.4, 0.5) is 21.8 Å². The van der Waals surface area contributed by atoms with Crippen LogP contribution in [0, 0.1) is 5.82 Å². The summed E-state index contributed by atoms with van der Waals surface area (Å²) in [5.74, 6) is 0.0135. The molecule has 1 aromatic carbocycles. The van der Waals surface area contributed by atoms with E-state index in [0.717, 1.165) is 30.1 Å². The molecule has 0 amide bonds. The Bertz CT molecular complexity index is 1410. The van der Waals surface area contributed by atoms with E-state index in [0.29, 0.717) is 16.9 Å². The molecule has 0 aliphatic carbocycles. The van der Waals surface area contributed by atoms with E-state index in [1.807, 2.05) is 0 Å². The highest BCUT2D eigenvalue weighted by Crippen LogP contribution is 2.39. The average Bonchev–Trinajstić information content (AvgIpc) is 3.48. The number of nitrogens with one attached hydrogen (secondary N) is 2. The summed E-state index contributed by atoms with van der Waals surface area (Å²) in [5.41, 5.74) is -0.282. The zero-order valence-corrected chi connectivity index (χ0v) is 23.1. The van der Waals surface area contributed by atoms with Crippen LogP contribution in [0.5, 0.6) is 5.75 Å². The second-order valence-electron chi connectivity index (χ2n) is 10.8. The number of ether oxygens (including phenoxy) is 1. The number of anilines is 3. The van der Waals surface area contributed by atoms with E-state index in [-0.39, 0.29) is 41.3 Å². The summed E-state index contributed by atoms with van der Waals surface area (Å²) >= 11 is 6.45. The molecule has 12 nitrogen and oxygen atoms in total. The first-order chi connectivity index (χ1) is 18.5. The van der Waals surface area contributed by atoms with Crippen LogP contribution >= 0.6 is 11.6 Å². The third kappa shape index (κ3) is 5.70. The van der Waals surface area contributed by atoms with Crippen LogP contribution < -0.4 is 21.1 Å². The van der Waals surface area contributed by atoms with Gasteiger partial charge in [0.15, 0.2) is 11.6 Å². The van der Waals surface area contributed by atoms with E-state index >= 15 is 4.39 Å². The summed E-state index contributed by atoms with van der Waals surface area (Å²) in [6.07, 6.45) is 5.00. The Kier molecular flexibility index (Phi) is 7.49. The highest BCUT2D eigenvalue weighted by Gasteiger charge is 2.43. The molecule has 210 valence electrons. The average molecular weight is 562 g/mol. The Balaban J connectivity index is 1.41. The van der Waals surface area contributed by atoms with Crippen molar-refractivity contribution in [1.29, 1.82) is 0 Å². The number of aliphatic hydroxyl groups excluding tert-OH is 1. The van der Waals surface area contributed by atoms with Crippen molar-refractivity contribution in [2.45, 2.75) is 70.2 Å². The smallest absolute Gasteiger partial charge is 0.383 e. The molecule has 4 heterocycles. The maximum atomic E-state index is 15.2. The molecule has 1 unspecified atom stereocenters. The standard InChI is InChI=1S/C25H33ClFN9O3/c1-14(37)13-39-21-9-18(27)19(10-20(21)36-33-32-24(38)34(36)4)30-23-28-12-17(26)22(31-23)29-15-8-16-6-5-7-35(16)25(2,3)11-15/h9-10,12,14-16,37H,5-8,11,13H2,1-4H3,(H2,28,29,30,31)/t14?,15-,16+/m1/s1. The molecule has 14 heteroatoms. The molecule has 3 aromatic rings. The van der Waals surface area contributed by atoms with Crippen LogP contribution in [0.15, 0.2) is 23.1 Å². The van der Waals surface area contributed by atoms with Crippen LogP contribution in [0.25, 0.3) is 5.69 Å². The van der Waals surface area contributed by atoms with Gasteiger partial charge in [-0.25, -0.2) is 18.9 Å². The Labute approximate surface area is 230 Å². The fraction of sp³-hybridized carbons (Fsp3) is 0.560. The van der Waals surface area contributed by atoms with Crippen molar-refractivity contribution in [3.63, 3.8) is 0 Å². The minimum absolute atomic E-state index is 0.0195. The topological polar surface area (TPSA) is 135 Å². The second-order valence-corrected chi connectivity index (χ2v) is 11.3. The van der Waals surface area contributed by atoms with E-state index in [9.17, 15) is 9.90 Å². The van der Waals surface area contributed by atoms with Gasteiger partial charge in [0.25, 0.3) is 0 Å². The van der Waals surface area contributed by atoms with Gasteiger partial charge in [-0.3, -0.25) is 4.90 Å². The first kappa shape index (κ1) is 27.3. The van der Waals surface area contributed by atoms with Crippen LogP contribution in [-0.2, 0) is 7.05 Å². The molecular weight excluding hydrogens is 529 g/mol. The third-order valence-corrected chi connectivity index (χ3v) is 7.59. The van der Waals surface area contributed by atoms with Gasteiger partial charge in [0.05, 0.1) is 18.0 Å². The molecule has 39 heavy (non-hydrogen) atoms. The van der Waals surface area contributed by atoms with Crippen molar-refractivity contribution >= 4 is 29.1 Å². The number of fused-ring (bicyclic) bond motifs is 1. The molecule has 2 saturated heterocycles. The van der Waals surface area contributed by atoms with E-state index in [1.165, 1.54) is 36.9 Å². The number of tetrazole rings is 1. The Morgan fingerprint density at radius 2 is 2.15 bits per heavy atom. The number of halogens is 2. The Morgan fingerprint density at radius 3 is 2.87 bits per heavy atom. The lowest BCUT2D eigenvalue weighted by atomic mass is 9.84. The number of benzene rings is 1. The Morgan fingerprint density at radius 1 is 1.36 bits per heavy atom. The SMILES string of the molecule is CC(O)COc1cc(F)c(Nc2ncc(Cl)c(N[C@@H]3C[C@@H]4CCCN4C(C)(C)C3)n2)cc1-n1nnc(=O)n1C. The van der Waals surface area contributed by atoms with Crippen molar-refractivity contribution in [2.24, 2.45) is 7.05 Å². The zero-order valence-electron chi connectivity index (χ0n) is 22.4. The van der Waals surface area contributed by atoms with Gasteiger partial charge in [0, 0.05) is 30.7 Å². The van der Waals surface area contributed by atoms with Gasteiger partial charge in [-0.2, -0.15) is 4.98 Å². The number of aliphatic hydroxyl groups is 1. The van der Waals surface area contributed by atoms with Crippen molar-refractivity contribution < 1.29 is 14.2 Å². The summed E-state index contributed by atoms with van der Waals surface area (Å²) in [6, 6.07) is 3.25. The highest BCUT2D eigenvalue weighted by atomic mass is 35.5.